The lowest BCUT2D eigenvalue weighted by molar-refractivity contribution is -0.139. The Morgan fingerprint density at radius 2 is 2.20 bits per heavy atom. The van der Waals surface area contributed by atoms with Gasteiger partial charge in [0, 0.05) is 23.8 Å². The number of carbonyl (C=O) groups is 2. The largest absolute Gasteiger partial charge is 0.344 e. The predicted octanol–water partition coefficient (Wildman–Crippen LogP) is 0.910. The molecule has 0 aliphatic heterocycles. The van der Waals surface area contributed by atoms with Crippen LogP contribution in [-0.2, 0) is 16.1 Å². The quantitative estimate of drug-likeness (QED) is 0.498. The van der Waals surface area contributed by atoms with E-state index in [2.05, 4.69) is 20.8 Å². The molecule has 0 radical (unpaired) electrons. The number of thiophene rings is 1. The Kier molecular flexibility index (Phi) is 4.96. The molecule has 0 bridgehead atoms. The average Bonchev–Trinajstić information content (AvgIpc) is 2.99. The molecular weight excluding hydrogens is 276 g/mol. The average molecular weight is 288 g/mol. The summed E-state index contributed by atoms with van der Waals surface area (Å²) in [5, 5.41) is 8.08. The van der Waals surface area contributed by atoms with Crippen molar-refractivity contribution in [1.82, 2.24) is 15.7 Å². The lowest BCUT2D eigenvalue weighted by atomic mass is 10.3. The number of hydrogen-bond donors (Lipinski definition) is 2. The number of hydrazone groups is 1. The first kappa shape index (κ1) is 13.9. The lowest BCUT2D eigenvalue weighted by Gasteiger charge is -2.03. The molecule has 6 nitrogen and oxygen atoms in total. The van der Waals surface area contributed by atoms with E-state index in [1.807, 2.05) is 17.5 Å². The summed E-state index contributed by atoms with van der Waals surface area (Å²) in [4.78, 5) is 27.7. The smallest absolute Gasteiger partial charge is 0.329 e. The van der Waals surface area contributed by atoms with Gasteiger partial charge in [0.1, 0.15) is 0 Å². The first-order valence-corrected chi connectivity index (χ1v) is 6.67. The molecule has 2 heterocycles. The molecule has 2 amide bonds. The van der Waals surface area contributed by atoms with Crippen molar-refractivity contribution in [3.8, 4) is 0 Å². The minimum atomic E-state index is -0.804. The molecule has 0 aliphatic carbocycles. The van der Waals surface area contributed by atoms with Gasteiger partial charge in [0.15, 0.2) is 0 Å². The molecule has 2 aromatic rings. The normalized spacial score (nSPS) is 10.4. The van der Waals surface area contributed by atoms with Gasteiger partial charge in [-0.25, -0.2) is 5.43 Å². The number of carbonyl (C=O) groups excluding carboxylic acids is 2. The SMILES string of the molecule is O=C(NCc1cccnc1)C(=O)N/N=C\c1cccs1. The molecule has 0 saturated carbocycles. The third kappa shape index (κ3) is 4.29. The molecule has 2 aromatic heterocycles. The van der Waals surface area contributed by atoms with Crippen LogP contribution in [0.2, 0.25) is 0 Å². The highest BCUT2D eigenvalue weighted by Gasteiger charge is 2.11. The van der Waals surface area contributed by atoms with Crippen molar-refractivity contribution >= 4 is 29.4 Å². The second-order valence-corrected chi connectivity index (χ2v) is 4.74. The van der Waals surface area contributed by atoms with Crippen LogP contribution >= 0.6 is 11.3 Å². The van der Waals surface area contributed by atoms with Crippen molar-refractivity contribution in [2.75, 3.05) is 0 Å². The molecule has 2 rings (SSSR count). The van der Waals surface area contributed by atoms with Crippen LogP contribution in [0.25, 0.3) is 0 Å². The summed E-state index contributed by atoms with van der Waals surface area (Å²) in [5.74, 6) is -1.54. The Hall–Kier alpha value is -2.54. The molecule has 0 saturated heterocycles. The summed E-state index contributed by atoms with van der Waals surface area (Å²) >= 11 is 1.48. The molecular formula is C13H12N4O2S. The molecule has 0 aliphatic rings. The van der Waals surface area contributed by atoms with Crippen LogP contribution in [0.5, 0.6) is 0 Å². The summed E-state index contributed by atoms with van der Waals surface area (Å²) in [5.41, 5.74) is 2.98. The van der Waals surface area contributed by atoms with E-state index in [1.54, 1.807) is 24.5 Å². The standard InChI is InChI=1S/C13H12N4O2S/c18-12(15-8-10-3-1-5-14-7-10)13(19)17-16-9-11-4-2-6-20-11/h1-7,9H,8H2,(H,15,18)(H,17,19)/b16-9-. The summed E-state index contributed by atoms with van der Waals surface area (Å²) in [7, 11) is 0. The lowest BCUT2D eigenvalue weighted by Crippen LogP contribution is -2.37. The topological polar surface area (TPSA) is 83.5 Å². The van der Waals surface area contributed by atoms with Gasteiger partial charge in [0.2, 0.25) is 0 Å². The van der Waals surface area contributed by atoms with E-state index in [4.69, 9.17) is 0 Å². The zero-order chi connectivity index (χ0) is 14.2. The third-order valence-electron chi connectivity index (χ3n) is 2.28. The van der Waals surface area contributed by atoms with Crippen LogP contribution in [0.4, 0.5) is 0 Å². The molecule has 0 aromatic carbocycles. The molecule has 20 heavy (non-hydrogen) atoms. The summed E-state index contributed by atoms with van der Waals surface area (Å²) in [6.07, 6.45) is 4.74. The van der Waals surface area contributed by atoms with Crippen molar-refractivity contribution in [2.24, 2.45) is 5.10 Å². The minimum absolute atomic E-state index is 0.245. The van der Waals surface area contributed by atoms with Crippen LogP contribution < -0.4 is 10.7 Å². The number of nitrogens with one attached hydrogen (secondary N) is 2. The van der Waals surface area contributed by atoms with Crippen LogP contribution in [0, 0.1) is 0 Å². The summed E-state index contributed by atoms with van der Waals surface area (Å²) in [6.45, 7) is 0.245. The Morgan fingerprint density at radius 3 is 2.90 bits per heavy atom. The van der Waals surface area contributed by atoms with Gasteiger partial charge in [-0.05, 0) is 23.1 Å². The van der Waals surface area contributed by atoms with Gasteiger partial charge in [-0.2, -0.15) is 5.10 Å². The minimum Gasteiger partial charge on any atom is -0.344 e. The maximum absolute atomic E-state index is 11.5. The van der Waals surface area contributed by atoms with Crippen molar-refractivity contribution < 1.29 is 9.59 Å². The maximum atomic E-state index is 11.5. The van der Waals surface area contributed by atoms with Crippen LogP contribution in [0.15, 0.2) is 47.1 Å². The van der Waals surface area contributed by atoms with Gasteiger partial charge in [-0.15, -0.1) is 11.3 Å². The number of amides is 2. The first-order valence-electron chi connectivity index (χ1n) is 5.79. The van der Waals surface area contributed by atoms with Crippen LogP contribution in [0.3, 0.4) is 0 Å². The van der Waals surface area contributed by atoms with E-state index >= 15 is 0 Å². The van der Waals surface area contributed by atoms with E-state index in [0.29, 0.717) is 0 Å². The molecule has 0 fully saturated rings. The molecule has 7 heteroatoms. The zero-order valence-electron chi connectivity index (χ0n) is 10.4. The van der Waals surface area contributed by atoms with Gasteiger partial charge in [-0.3, -0.25) is 14.6 Å². The highest BCUT2D eigenvalue weighted by molar-refractivity contribution is 7.11. The molecule has 0 spiro atoms. The summed E-state index contributed by atoms with van der Waals surface area (Å²) < 4.78 is 0. The highest BCUT2D eigenvalue weighted by atomic mass is 32.1. The fraction of sp³-hybridized carbons (Fsp3) is 0.0769. The first-order chi connectivity index (χ1) is 9.75. The van der Waals surface area contributed by atoms with Gasteiger partial charge in [0.05, 0.1) is 6.21 Å². The van der Waals surface area contributed by atoms with Crippen LogP contribution in [0.1, 0.15) is 10.4 Å². The van der Waals surface area contributed by atoms with Gasteiger partial charge in [-0.1, -0.05) is 12.1 Å². The summed E-state index contributed by atoms with van der Waals surface area (Å²) in [6, 6.07) is 7.28. The molecule has 0 atom stereocenters. The van der Waals surface area contributed by atoms with E-state index in [1.165, 1.54) is 17.6 Å². The Bertz CT molecular complexity index is 596. The Labute approximate surface area is 119 Å². The predicted molar refractivity (Wildman–Crippen MR) is 76.1 cm³/mol. The number of rotatable bonds is 4. The number of hydrogen-bond acceptors (Lipinski definition) is 5. The fourth-order valence-corrected chi connectivity index (χ4v) is 1.92. The third-order valence-corrected chi connectivity index (χ3v) is 3.09. The van der Waals surface area contributed by atoms with Gasteiger partial charge >= 0.3 is 11.8 Å². The van der Waals surface area contributed by atoms with E-state index in [-0.39, 0.29) is 6.54 Å². The number of nitrogens with zero attached hydrogens (tertiary/aromatic N) is 2. The molecule has 2 N–H and O–H groups in total. The maximum Gasteiger partial charge on any atom is 0.329 e. The van der Waals surface area contributed by atoms with Crippen molar-refractivity contribution in [3.63, 3.8) is 0 Å². The van der Waals surface area contributed by atoms with Gasteiger partial charge < -0.3 is 5.32 Å². The van der Waals surface area contributed by atoms with E-state index in [9.17, 15) is 9.59 Å². The second kappa shape index (κ2) is 7.15. The zero-order valence-corrected chi connectivity index (χ0v) is 11.3. The van der Waals surface area contributed by atoms with Crippen molar-refractivity contribution in [2.45, 2.75) is 6.54 Å². The number of pyridine rings is 1. The van der Waals surface area contributed by atoms with Gasteiger partial charge in [0.25, 0.3) is 0 Å². The number of aromatic nitrogens is 1. The molecule has 0 unspecified atom stereocenters. The van der Waals surface area contributed by atoms with Crippen molar-refractivity contribution in [1.29, 1.82) is 0 Å². The van der Waals surface area contributed by atoms with E-state index in [0.717, 1.165) is 10.4 Å². The second-order valence-electron chi connectivity index (χ2n) is 3.76. The van der Waals surface area contributed by atoms with Crippen molar-refractivity contribution in [3.05, 3.63) is 52.5 Å². The molecule has 102 valence electrons. The fourth-order valence-electron chi connectivity index (χ4n) is 1.34. The van der Waals surface area contributed by atoms with E-state index < -0.39 is 11.8 Å². The van der Waals surface area contributed by atoms with Crippen LogP contribution in [-0.4, -0.2) is 23.0 Å². The highest BCUT2D eigenvalue weighted by Crippen LogP contribution is 2.03. The Morgan fingerprint density at radius 1 is 1.30 bits per heavy atom. The Balaban J connectivity index is 1.76. The monoisotopic (exact) mass is 288 g/mol.